The number of pyridine rings is 1. The van der Waals surface area contributed by atoms with Crippen LogP contribution in [0.15, 0.2) is 18.5 Å². The van der Waals surface area contributed by atoms with Crippen LogP contribution in [0.25, 0.3) is 0 Å². The van der Waals surface area contributed by atoms with Gasteiger partial charge in [-0.05, 0) is 24.8 Å². The van der Waals surface area contributed by atoms with E-state index in [0.29, 0.717) is 5.75 Å². The molecule has 0 aliphatic heterocycles. The largest absolute Gasteiger partial charge is 0.495 e. The van der Waals surface area contributed by atoms with Gasteiger partial charge in [0.1, 0.15) is 5.75 Å². The molecule has 1 fully saturated rings. The highest BCUT2D eigenvalue weighted by Crippen LogP contribution is 2.41. The molecule has 1 saturated carbocycles. The Labute approximate surface area is 96.5 Å². The van der Waals surface area contributed by atoms with Crippen molar-refractivity contribution in [1.82, 2.24) is 4.98 Å². The Kier molecular flexibility index (Phi) is 3.15. The van der Waals surface area contributed by atoms with Crippen LogP contribution in [0.2, 0.25) is 0 Å². The minimum atomic E-state index is -0.722. The monoisotopic (exact) mass is 221 g/mol. The van der Waals surface area contributed by atoms with Gasteiger partial charge in [-0.3, -0.25) is 4.98 Å². The van der Waals surface area contributed by atoms with Gasteiger partial charge in [-0.15, -0.1) is 0 Å². The van der Waals surface area contributed by atoms with E-state index < -0.39 is 5.60 Å². The molecule has 0 aromatic carbocycles. The molecule has 2 unspecified atom stereocenters. The van der Waals surface area contributed by atoms with Crippen LogP contribution in [0.3, 0.4) is 0 Å². The van der Waals surface area contributed by atoms with Crippen molar-refractivity contribution in [2.45, 2.75) is 38.2 Å². The highest BCUT2D eigenvalue weighted by molar-refractivity contribution is 5.29. The Hall–Kier alpha value is -1.09. The van der Waals surface area contributed by atoms with Gasteiger partial charge in [0.05, 0.1) is 18.9 Å². The predicted molar refractivity (Wildman–Crippen MR) is 62.3 cm³/mol. The van der Waals surface area contributed by atoms with Crippen molar-refractivity contribution < 1.29 is 9.84 Å². The standard InChI is InChI=1S/C13H19NO2/c1-10-5-3-4-6-13(10,15)11-7-12(16-2)9-14-8-11/h7-10,15H,3-6H2,1-2H3. The lowest BCUT2D eigenvalue weighted by atomic mass is 9.73. The third-order valence-corrected chi connectivity index (χ3v) is 3.71. The van der Waals surface area contributed by atoms with Crippen molar-refractivity contribution in [2.24, 2.45) is 5.92 Å². The number of hydrogen-bond acceptors (Lipinski definition) is 3. The number of hydrogen-bond donors (Lipinski definition) is 1. The molecule has 0 saturated heterocycles. The summed E-state index contributed by atoms with van der Waals surface area (Å²) in [6, 6.07) is 1.90. The topological polar surface area (TPSA) is 42.4 Å². The predicted octanol–water partition coefficient (Wildman–Crippen LogP) is 2.49. The fourth-order valence-corrected chi connectivity index (χ4v) is 2.53. The zero-order valence-corrected chi connectivity index (χ0v) is 9.94. The minimum absolute atomic E-state index is 0.287. The summed E-state index contributed by atoms with van der Waals surface area (Å²) in [5.41, 5.74) is 0.166. The molecule has 2 atom stereocenters. The second kappa shape index (κ2) is 4.42. The van der Waals surface area contributed by atoms with Crippen molar-refractivity contribution in [3.8, 4) is 5.75 Å². The number of aromatic nitrogens is 1. The van der Waals surface area contributed by atoms with Crippen LogP contribution in [-0.2, 0) is 5.60 Å². The highest BCUT2D eigenvalue weighted by atomic mass is 16.5. The van der Waals surface area contributed by atoms with Crippen LogP contribution in [0.1, 0.15) is 38.2 Å². The first-order valence-electron chi connectivity index (χ1n) is 5.88. The summed E-state index contributed by atoms with van der Waals surface area (Å²) in [5, 5.41) is 10.7. The lowest BCUT2D eigenvalue weighted by Gasteiger charge is -2.38. The second-order valence-corrected chi connectivity index (χ2v) is 4.68. The Bertz CT molecular complexity index is 367. The molecule has 88 valence electrons. The molecule has 1 aliphatic carbocycles. The summed E-state index contributed by atoms with van der Waals surface area (Å²) in [4.78, 5) is 4.13. The maximum Gasteiger partial charge on any atom is 0.137 e. The fraction of sp³-hybridized carbons (Fsp3) is 0.615. The maximum absolute atomic E-state index is 10.7. The van der Waals surface area contributed by atoms with Crippen molar-refractivity contribution in [3.63, 3.8) is 0 Å². The third-order valence-electron chi connectivity index (χ3n) is 3.71. The van der Waals surface area contributed by atoms with Crippen LogP contribution in [-0.4, -0.2) is 17.2 Å². The third kappa shape index (κ3) is 1.92. The van der Waals surface area contributed by atoms with Crippen LogP contribution in [0.5, 0.6) is 5.75 Å². The molecule has 1 aromatic rings. The van der Waals surface area contributed by atoms with Crippen LogP contribution in [0.4, 0.5) is 0 Å². The molecule has 3 nitrogen and oxygen atoms in total. The van der Waals surface area contributed by atoms with E-state index in [0.717, 1.165) is 24.8 Å². The number of methoxy groups -OCH3 is 1. The van der Waals surface area contributed by atoms with Crippen molar-refractivity contribution in [2.75, 3.05) is 7.11 Å². The van der Waals surface area contributed by atoms with Crippen LogP contribution in [0, 0.1) is 5.92 Å². The Morgan fingerprint density at radius 3 is 2.94 bits per heavy atom. The van der Waals surface area contributed by atoms with Crippen molar-refractivity contribution in [3.05, 3.63) is 24.0 Å². The molecule has 0 bridgehead atoms. The van der Waals surface area contributed by atoms with Gasteiger partial charge in [0.25, 0.3) is 0 Å². The van der Waals surface area contributed by atoms with Crippen LogP contribution < -0.4 is 4.74 Å². The molecular formula is C13H19NO2. The zero-order valence-electron chi connectivity index (χ0n) is 9.94. The van der Waals surface area contributed by atoms with Gasteiger partial charge >= 0.3 is 0 Å². The molecule has 3 heteroatoms. The number of nitrogens with zero attached hydrogens (tertiary/aromatic N) is 1. The molecule has 1 aliphatic rings. The molecule has 2 rings (SSSR count). The number of rotatable bonds is 2. The molecule has 1 heterocycles. The summed E-state index contributed by atoms with van der Waals surface area (Å²) in [6.07, 6.45) is 7.61. The average molecular weight is 221 g/mol. The van der Waals surface area contributed by atoms with E-state index in [4.69, 9.17) is 4.74 Å². The summed E-state index contributed by atoms with van der Waals surface area (Å²) < 4.78 is 5.15. The van der Waals surface area contributed by atoms with Gasteiger partial charge in [0, 0.05) is 11.8 Å². The Morgan fingerprint density at radius 1 is 1.44 bits per heavy atom. The quantitative estimate of drug-likeness (QED) is 0.834. The van der Waals surface area contributed by atoms with E-state index in [-0.39, 0.29) is 5.92 Å². The molecular weight excluding hydrogens is 202 g/mol. The van der Waals surface area contributed by atoms with E-state index in [2.05, 4.69) is 11.9 Å². The number of ether oxygens (including phenoxy) is 1. The fourth-order valence-electron chi connectivity index (χ4n) is 2.53. The van der Waals surface area contributed by atoms with E-state index in [1.165, 1.54) is 6.42 Å². The van der Waals surface area contributed by atoms with E-state index in [1.54, 1.807) is 19.5 Å². The normalized spacial score (nSPS) is 30.1. The summed E-state index contributed by atoms with van der Waals surface area (Å²) >= 11 is 0. The van der Waals surface area contributed by atoms with Gasteiger partial charge in [-0.1, -0.05) is 19.8 Å². The van der Waals surface area contributed by atoms with Crippen LogP contribution >= 0.6 is 0 Å². The average Bonchev–Trinajstić information content (AvgIpc) is 2.33. The molecule has 0 amide bonds. The Morgan fingerprint density at radius 2 is 2.25 bits per heavy atom. The van der Waals surface area contributed by atoms with E-state index in [1.807, 2.05) is 6.07 Å². The van der Waals surface area contributed by atoms with E-state index in [9.17, 15) is 5.11 Å². The maximum atomic E-state index is 10.7. The van der Waals surface area contributed by atoms with Crippen molar-refractivity contribution >= 4 is 0 Å². The summed E-state index contributed by atoms with van der Waals surface area (Å²) in [5.74, 6) is 0.999. The Balaban J connectivity index is 2.33. The lowest BCUT2D eigenvalue weighted by molar-refractivity contribution is -0.0473. The van der Waals surface area contributed by atoms with Gasteiger partial charge in [0.15, 0.2) is 0 Å². The summed E-state index contributed by atoms with van der Waals surface area (Å²) in [7, 11) is 1.62. The smallest absolute Gasteiger partial charge is 0.137 e. The molecule has 0 spiro atoms. The van der Waals surface area contributed by atoms with E-state index >= 15 is 0 Å². The SMILES string of the molecule is COc1cncc(C2(O)CCCCC2C)c1. The van der Waals surface area contributed by atoms with Crippen molar-refractivity contribution in [1.29, 1.82) is 0 Å². The molecule has 0 radical (unpaired) electrons. The first-order chi connectivity index (χ1) is 7.66. The highest BCUT2D eigenvalue weighted by Gasteiger charge is 2.38. The first-order valence-corrected chi connectivity index (χ1v) is 5.88. The molecule has 16 heavy (non-hydrogen) atoms. The molecule has 1 aromatic heterocycles. The first kappa shape index (κ1) is 11.4. The number of aliphatic hydroxyl groups is 1. The van der Waals surface area contributed by atoms with Gasteiger partial charge in [0.2, 0.25) is 0 Å². The second-order valence-electron chi connectivity index (χ2n) is 4.68. The molecule has 1 N–H and O–H groups in total. The lowest BCUT2D eigenvalue weighted by Crippen LogP contribution is -2.36. The van der Waals surface area contributed by atoms with Gasteiger partial charge in [-0.2, -0.15) is 0 Å². The van der Waals surface area contributed by atoms with Gasteiger partial charge < -0.3 is 9.84 Å². The van der Waals surface area contributed by atoms with Gasteiger partial charge in [-0.25, -0.2) is 0 Å². The summed E-state index contributed by atoms with van der Waals surface area (Å²) in [6.45, 7) is 2.11. The zero-order chi connectivity index (χ0) is 11.6. The minimum Gasteiger partial charge on any atom is -0.495 e.